The Labute approximate surface area is 178 Å². The van der Waals surface area contributed by atoms with Gasteiger partial charge in [0.2, 0.25) is 0 Å². The van der Waals surface area contributed by atoms with Gasteiger partial charge in [-0.15, -0.1) is 0 Å². The molecule has 1 aromatic carbocycles. The third-order valence-corrected chi connectivity index (χ3v) is 6.47. The second-order valence-corrected chi connectivity index (χ2v) is 9.71. The van der Waals surface area contributed by atoms with Gasteiger partial charge in [0.1, 0.15) is 0 Å². The van der Waals surface area contributed by atoms with Gasteiger partial charge in [-0.1, -0.05) is 19.9 Å². The van der Waals surface area contributed by atoms with Crippen molar-refractivity contribution in [1.29, 1.82) is 0 Å². The number of carbonyl (C=O) groups excluding carboxylic acids is 2. The zero-order chi connectivity index (χ0) is 21.6. The molecule has 0 bridgehead atoms. The molecule has 30 heavy (non-hydrogen) atoms. The highest BCUT2D eigenvalue weighted by atomic mass is 16.1. The summed E-state index contributed by atoms with van der Waals surface area (Å²) in [5.41, 5.74) is 11.4. The van der Waals surface area contributed by atoms with Gasteiger partial charge in [0.15, 0.2) is 5.78 Å². The molecule has 1 amide bonds. The topological polar surface area (TPSA) is 71.6 Å². The average Bonchev–Trinajstić information content (AvgIpc) is 2.96. The molecule has 1 aliphatic carbocycles. The van der Waals surface area contributed by atoms with E-state index in [1.165, 1.54) is 0 Å². The number of rotatable bonds is 4. The minimum Gasteiger partial charge on any atom is -0.368 e. The first-order valence-electron chi connectivity index (χ1n) is 10.7. The third kappa shape index (κ3) is 3.88. The molecular weight excluding hydrogens is 376 g/mol. The number of aryl methyl sites for hydroxylation is 1. The Morgan fingerprint density at radius 2 is 1.83 bits per heavy atom. The van der Waals surface area contributed by atoms with Crippen molar-refractivity contribution in [3.05, 3.63) is 52.3 Å². The molecule has 2 aromatic rings. The van der Waals surface area contributed by atoms with E-state index in [1.807, 2.05) is 19.1 Å². The van der Waals surface area contributed by atoms with Crippen molar-refractivity contribution < 1.29 is 9.59 Å². The second-order valence-electron chi connectivity index (χ2n) is 9.71. The first-order valence-corrected chi connectivity index (χ1v) is 10.7. The van der Waals surface area contributed by atoms with Crippen LogP contribution < -0.4 is 10.6 Å². The first-order chi connectivity index (χ1) is 14.1. The predicted octanol–water partition coefficient (Wildman–Crippen LogP) is 2.85. The normalized spacial score (nSPS) is 19.1. The maximum Gasteiger partial charge on any atom is 0.250 e. The Morgan fingerprint density at radius 1 is 1.13 bits per heavy atom. The van der Waals surface area contributed by atoms with Crippen LogP contribution in [-0.2, 0) is 13.0 Å². The van der Waals surface area contributed by atoms with Crippen LogP contribution in [0.25, 0.3) is 0 Å². The number of nitrogens with two attached hydrogens (primary N) is 1. The third-order valence-electron chi connectivity index (χ3n) is 6.47. The molecule has 1 aliphatic heterocycles. The van der Waals surface area contributed by atoms with Crippen LogP contribution in [0.15, 0.2) is 24.4 Å². The van der Waals surface area contributed by atoms with Crippen LogP contribution in [0.4, 0.5) is 5.69 Å². The monoisotopic (exact) mass is 408 g/mol. The quantitative estimate of drug-likeness (QED) is 0.844. The van der Waals surface area contributed by atoms with Gasteiger partial charge in [-0.2, -0.15) is 0 Å². The molecule has 6 heteroatoms. The van der Waals surface area contributed by atoms with Gasteiger partial charge in [0.05, 0.1) is 5.56 Å². The predicted molar refractivity (Wildman–Crippen MR) is 119 cm³/mol. The summed E-state index contributed by atoms with van der Waals surface area (Å²) in [7, 11) is 2.11. The number of primary amides is 1. The van der Waals surface area contributed by atoms with Crippen molar-refractivity contribution in [3.63, 3.8) is 0 Å². The number of aromatic nitrogens is 1. The highest BCUT2D eigenvalue weighted by molar-refractivity contribution is 6.00. The van der Waals surface area contributed by atoms with E-state index in [9.17, 15) is 9.59 Å². The lowest BCUT2D eigenvalue weighted by atomic mass is 9.75. The van der Waals surface area contributed by atoms with E-state index in [1.54, 1.807) is 0 Å². The molecule has 0 atom stereocenters. The number of hydrogen-bond acceptors (Lipinski definition) is 4. The number of hydrogen-bond donors (Lipinski definition) is 1. The minimum atomic E-state index is -0.392. The number of likely N-dealkylation sites (N-methyl/N-ethyl adjacent to an activating group) is 1. The van der Waals surface area contributed by atoms with E-state index in [2.05, 4.69) is 47.5 Å². The summed E-state index contributed by atoms with van der Waals surface area (Å²) in [4.78, 5) is 29.3. The summed E-state index contributed by atoms with van der Waals surface area (Å²) in [5.74, 6) is -0.142. The molecule has 0 spiro atoms. The number of nitrogens with zero attached hydrogens (tertiary/aromatic N) is 3. The maximum absolute atomic E-state index is 12.7. The van der Waals surface area contributed by atoms with Crippen molar-refractivity contribution >= 4 is 17.4 Å². The Balaban J connectivity index is 1.68. The van der Waals surface area contributed by atoms with E-state index < -0.39 is 5.91 Å². The van der Waals surface area contributed by atoms with Gasteiger partial charge in [-0.25, -0.2) is 0 Å². The summed E-state index contributed by atoms with van der Waals surface area (Å²) in [6.07, 6.45) is 3.60. The van der Waals surface area contributed by atoms with Crippen LogP contribution in [0.5, 0.6) is 0 Å². The number of fused-ring (bicyclic) bond motifs is 1. The molecule has 1 fully saturated rings. The number of Topliss-reactive ketones (excluding diaryl/α,β-unsaturated/α-hetero) is 1. The molecule has 1 saturated heterocycles. The van der Waals surface area contributed by atoms with Crippen LogP contribution in [0.3, 0.4) is 0 Å². The smallest absolute Gasteiger partial charge is 0.250 e. The maximum atomic E-state index is 12.7. The molecule has 2 heterocycles. The highest BCUT2D eigenvalue weighted by Gasteiger charge is 2.34. The molecule has 0 radical (unpaired) electrons. The largest absolute Gasteiger partial charge is 0.368 e. The summed E-state index contributed by atoms with van der Waals surface area (Å²) in [5, 5.41) is 0. The van der Waals surface area contributed by atoms with Gasteiger partial charge in [0.25, 0.3) is 5.91 Å². The molecule has 0 unspecified atom stereocenters. The Hall–Kier alpha value is -2.60. The zero-order valence-corrected chi connectivity index (χ0v) is 18.5. The van der Waals surface area contributed by atoms with Crippen molar-refractivity contribution in [3.8, 4) is 0 Å². The SMILES string of the molecule is Cc1cn(Cc2ccc(C(N)=O)c(N3CCN(C)CC3)c2)c2c1C(=O)CC(C)(C)C2. The van der Waals surface area contributed by atoms with Crippen molar-refractivity contribution in [2.24, 2.45) is 11.1 Å². The fourth-order valence-electron chi connectivity index (χ4n) is 4.89. The molecule has 1 aromatic heterocycles. The molecule has 6 nitrogen and oxygen atoms in total. The fraction of sp³-hybridized carbons (Fsp3) is 0.500. The lowest BCUT2D eigenvalue weighted by molar-refractivity contribution is 0.0908. The molecule has 0 saturated carbocycles. The Bertz CT molecular complexity index is 997. The van der Waals surface area contributed by atoms with Gasteiger partial charge in [0, 0.05) is 62.3 Å². The van der Waals surface area contributed by atoms with Crippen molar-refractivity contribution in [2.45, 2.75) is 40.2 Å². The molecule has 4 rings (SSSR count). The van der Waals surface area contributed by atoms with Crippen molar-refractivity contribution in [2.75, 3.05) is 38.1 Å². The fourth-order valence-corrected chi connectivity index (χ4v) is 4.89. The summed E-state index contributed by atoms with van der Waals surface area (Å²) < 4.78 is 2.22. The second kappa shape index (κ2) is 7.58. The zero-order valence-electron chi connectivity index (χ0n) is 18.5. The minimum absolute atomic E-state index is 0.0204. The van der Waals surface area contributed by atoms with E-state index in [0.717, 1.165) is 60.7 Å². The van der Waals surface area contributed by atoms with E-state index >= 15 is 0 Å². The lowest BCUT2D eigenvalue weighted by Gasteiger charge is -2.35. The average molecular weight is 409 g/mol. The Kier molecular flexibility index (Phi) is 5.22. The number of amides is 1. The van der Waals surface area contributed by atoms with Crippen LogP contribution >= 0.6 is 0 Å². The van der Waals surface area contributed by atoms with Gasteiger partial charge >= 0.3 is 0 Å². The highest BCUT2D eigenvalue weighted by Crippen LogP contribution is 2.37. The molecule has 2 aliphatic rings. The lowest BCUT2D eigenvalue weighted by Crippen LogP contribution is -2.45. The van der Waals surface area contributed by atoms with E-state index in [0.29, 0.717) is 18.5 Å². The standard InChI is InChI=1S/C24H32N4O2/c1-16-14-28(20-12-24(2,3)13-21(29)22(16)20)15-17-5-6-18(23(25)30)19(11-17)27-9-7-26(4)8-10-27/h5-6,11,14H,7-10,12-13,15H2,1-4H3,(H2,25,30). The van der Waals surface area contributed by atoms with Gasteiger partial charge in [-0.05, 0) is 49.1 Å². The number of carbonyl (C=O) groups is 2. The number of anilines is 1. The van der Waals surface area contributed by atoms with Gasteiger partial charge < -0.3 is 20.1 Å². The van der Waals surface area contributed by atoms with Crippen LogP contribution in [0, 0.1) is 12.3 Å². The van der Waals surface area contributed by atoms with E-state index in [-0.39, 0.29) is 11.2 Å². The number of benzene rings is 1. The van der Waals surface area contributed by atoms with Crippen LogP contribution in [-0.4, -0.2) is 54.4 Å². The van der Waals surface area contributed by atoms with Crippen LogP contribution in [0.1, 0.15) is 57.8 Å². The van der Waals surface area contributed by atoms with Crippen LogP contribution in [0.2, 0.25) is 0 Å². The van der Waals surface area contributed by atoms with E-state index in [4.69, 9.17) is 5.73 Å². The summed E-state index contributed by atoms with van der Waals surface area (Å²) in [6, 6.07) is 5.93. The first kappa shape index (κ1) is 20.7. The molecule has 2 N–H and O–H groups in total. The molecule has 160 valence electrons. The number of piperazine rings is 1. The van der Waals surface area contributed by atoms with Gasteiger partial charge in [-0.3, -0.25) is 9.59 Å². The Morgan fingerprint density at radius 3 is 2.50 bits per heavy atom. The van der Waals surface area contributed by atoms with Crippen molar-refractivity contribution in [1.82, 2.24) is 9.47 Å². The summed E-state index contributed by atoms with van der Waals surface area (Å²) in [6.45, 7) is 10.7. The summed E-state index contributed by atoms with van der Waals surface area (Å²) >= 11 is 0. The number of ketones is 1. The molecular formula is C24H32N4O2.